The van der Waals surface area contributed by atoms with Gasteiger partial charge in [-0.25, -0.2) is 4.79 Å². The van der Waals surface area contributed by atoms with E-state index in [-0.39, 0.29) is 12.1 Å². The van der Waals surface area contributed by atoms with Crippen molar-refractivity contribution < 1.29 is 14.3 Å². The molecular weight excluding hydrogens is 266 g/mol. The molecule has 1 aromatic carbocycles. The van der Waals surface area contributed by atoms with Gasteiger partial charge in [0.1, 0.15) is 11.3 Å². The van der Waals surface area contributed by atoms with Gasteiger partial charge in [0, 0.05) is 5.69 Å². The minimum atomic E-state index is -0.379. The second-order valence-corrected chi connectivity index (χ2v) is 6.46. The molecule has 0 saturated heterocycles. The van der Waals surface area contributed by atoms with E-state index in [1.54, 1.807) is 25.1 Å². The molecule has 1 aromatic rings. The molecule has 0 heterocycles. The molecule has 4 heteroatoms. The van der Waals surface area contributed by atoms with Crippen LogP contribution >= 0.6 is 0 Å². The molecule has 4 nitrogen and oxygen atoms in total. The van der Waals surface area contributed by atoms with Crippen LogP contribution in [0, 0.1) is 5.41 Å². The highest BCUT2D eigenvalue weighted by Crippen LogP contribution is 2.37. The van der Waals surface area contributed by atoms with Gasteiger partial charge in [0.25, 0.3) is 0 Å². The van der Waals surface area contributed by atoms with Crippen molar-refractivity contribution in [3.63, 3.8) is 0 Å². The molecule has 116 valence electrons. The average molecular weight is 291 g/mol. The van der Waals surface area contributed by atoms with Crippen molar-refractivity contribution in [2.24, 2.45) is 5.41 Å². The molecule has 0 spiro atoms. The lowest BCUT2D eigenvalue weighted by Crippen LogP contribution is -2.28. The van der Waals surface area contributed by atoms with Crippen LogP contribution in [0.25, 0.3) is 0 Å². The Kier molecular flexibility index (Phi) is 4.76. The summed E-state index contributed by atoms with van der Waals surface area (Å²) in [5, 5.41) is 0. The summed E-state index contributed by atoms with van der Waals surface area (Å²) in [6, 6.07) is 5.15. The van der Waals surface area contributed by atoms with Crippen LogP contribution in [-0.2, 0) is 4.74 Å². The second-order valence-electron chi connectivity index (χ2n) is 6.46. The summed E-state index contributed by atoms with van der Waals surface area (Å²) >= 11 is 0. The summed E-state index contributed by atoms with van der Waals surface area (Å²) in [4.78, 5) is 12.0. The van der Waals surface area contributed by atoms with Crippen molar-refractivity contribution in [3.05, 3.63) is 23.8 Å². The molecule has 2 N–H and O–H groups in total. The molecule has 1 fully saturated rings. The second kappa shape index (κ2) is 6.37. The van der Waals surface area contributed by atoms with Crippen molar-refractivity contribution in [2.45, 2.75) is 52.6 Å². The van der Waals surface area contributed by atoms with Crippen LogP contribution in [0.5, 0.6) is 5.75 Å². The van der Waals surface area contributed by atoms with Gasteiger partial charge in [-0.3, -0.25) is 0 Å². The number of hydrogen-bond donors (Lipinski definition) is 1. The van der Waals surface area contributed by atoms with Gasteiger partial charge in [-0.2, -0.15) is 0 Å². The Morgan fingerprint density at radius 1 is 1.33 bits per heavy atom. The lowest BCUT2D eigenvalue weighted by molar-refractivity contribution is 0.0510. The first-order valence-electron chi connectivity index (χ1n) is 7.64. The normalized spacial score (nSPS) is 18.2. The van der Waals surface area contributed by atoms with Crippen molar-refractivity contribution >= 4 is 11.7 Å². The molecule has 0 atom stereocenters. The van der Waals surface area contributed by atoms with Crippen LogP contribution in [0.4, 0.5) is 5.69 Å². The third-order valence-electron chi connectivity index (χ3n) is 4.08. The van der Waals surface area contributed by atoms with Gasteiger partial charge in [-0.15, -0.1) is 0 Å². The van der Waals surface area contributed by atoms with E-state index in [0.717, 1.165) is 25.7 Å². The van der Waals surface area contributed by atoms with Gasteiger partial charge in [-0.05, 0) is 56.2 Å². The van der Waals surface area contributed by atoms with E-state index in [9.17, 15) is 4.79 Å². The first-order valence-corrected chi connectivity index (χ1v) is 7.64. The van der Waals surface area contributed by atoms with Gasteiger partial charge in [0.05, 0.1) is 12.7 Å². The average Bonchev–Trinajstić information content (AvgIpc) is 2.43. The molecule has 0 bridgehead atoms. The van der Waals surface area contributed by atoms with Gasteiger partial charge >= 0.3 is 5.97 Å². The fourth-order valence-corrected chi connectivity index (χ4v) is 2.69. The topological polar surface area (TPSA) is 61.5 Å². The van der Waals surface area contributed by atoms with Crippen LogP contribution in [-0.4, -0.2) is 18.7 Å². The Morgan fingerprint density at radius 3 is 2.62 bits per heavy atom. The Balaban J connectivity index is 2.11. The number of nitrogen functional groups attached to an aromatic ring is 1. The number of nitrogens with two attached hydrogens (primary N) is 1. The summed E-state index contributed by atoms with van der Waals surface area (Å²) < 4.78 is 11.1. The number of benzene rings is 1. The summed E-state index contributed by atoms with van der Waals surface area (Å²) in [6.45, 7) is 6.70. The van der Waals surface area contributed by atoms with Crippen LogP contribution in [0.15, 0.2) is 18.2 Å². The Hall–Kier alpha value is -1.71. The molecular formula is C17H25NO3. The molecule has 0 unspecified atom stereocenters. The van der Waals surface area contributed by atoms with Crippen LogP contribution in [0.1, 0.15) is 56.8 Å². The highest BCUT2D eigenvalue weighted by atomic mass is 16.5. The zero-order valence-corrected chi connectivity index (χ0v) is 13.1. The molecule has 1 aliphatic carbocycles. The summed E-state index contributed by atoms with van der Waals surface area (Å²) in [5.41, 5.74) is 7.12. The molecule has 1 aliphatic rings. The monoisotopic (exact) mass is 291 g/mol. The number of carbonyl (C=O) groups excluding carboxylic acids is 1. The maximum Gasteiger partial charge on any atom is 0.341 e. The minimum Gasteiger partial charge on any atom is -0.490 e. The maximum absolute atomic E-state index is 12.0. The Labute approximate surface area is 126 Å². The summed E-state index contributed by atoms with van der Waals surface area (Å²) in [7, 11) is 0. The highest BCUT2D eigenvalue weighted by molar-refractivity contribution is 5.93. The number of esters is 1. The maximum atomic E-state index is 12.0. The first kappa shape index (κ1) is 15.7. The highest BCUT2D eigenvalue weighted by Gasteiger charge is 2.28. The lowest BCUT2D eigenvalue weighted by atomic mass is 9.76. The fraction of sp³-hybridized carbons (Fsp3) is 0.588. The Bertz CT molecular complexity index is 501. The SMILES string of the molecule is CCOC(=O)c1cc(N)ccc1OC1CCC(C)(C)CC1. The van der Waals surface area contributed by atoms with Crippen LogP contribution < -0.4 is 10.5 Å². The number of hydrogen-bond acceptors (Lipinski definition) is 4. The van der Waals surface area contributed by atoms with E-state index in [1.165, 1.54) is 0 Å². The molecule has 0 aromatic heterocycles. The van der Waals surface area contributed by atoms with E-state index in [4.69, 9.17) is 15.2 Å². The van der Waals surface area contributed by atoms with E-state index < -0.39 is 0 Å². The van der Waals surface area contributed by atoms with E-state index in [1.807, 2.05) is 0 Å². The van der Waals surface area contributed by atoms with E-state index >= 15 is 0 Å². The smallest absolute Gasteiger partial charge is 0.341 e. The summed E-state index contributed by atoms with van der Waals surface area (Å²) in [6.07, 6.45) is 4.47. The number of ether oxygens (including phenoxy) is 2. The van der Waals surface area contributed by atoms with Gasteiger partial charge in [0.2, 0.25) is 0 Å². The Morgan fingerprint density at radius 2 is 2.00 bits per heavy atom. The zero-order chi connectivity index (χ0) is 15.5. The predicted molar refractivity (Wildman–Crippen MR) is 83.5 cm³/mol. The standard InChI is InChI=1S/C17H25NO3/c1-4-20-16(19)14-11-12(18)5-6-15(14)21-13-7-9-17(2,3)10-8-13/h5-6,11,13H,4,7-10,18H2,1-3H3. The third-order valence-corrected chi connectivity index (χ3v) is 4.08. The molecule has 21 heavy (non-hydrogen) atoms. The van der Waals surface area contributed by atoms with E-state index in [2.05, 4.69) is 13.8 Å². The zero-order valence-electron chi connectivity index (χ0n) is 13.1. The minimum absolute atomic E-state index is 0.162. The van der Waals surface area contributed by atoms with Gasteiger partial charge < -0.3 is 15.2 Å². The number of rotatable bonds is 4. The van der Waals surface area contributed by atoms with Gasteiger partial charge in [-0.1, -0.05) is 13.8 Å². The predicted octanol–water partition coefficient (Wildman–Crippen LogP) is 3.79. The molecule has 2 rings (SSSR count). The fourth-order valence-electron chi connectivity index (χ4n) is 2.69. The third kappa shape index (κ3) is 4.13. The molecule has 0 radical (unpaired) electrons. The number of anilines is 1. The van der Waals surface area contributed by atoms with E-state index in [0.29, 0.717) is 29.0 Å². The molecule has 0 aliphatic heterocycles. The van der Waals surface area contributed by atoms with Crippen molar-refractivity contribution in [1.29, 1.82) is 0 Å². The number of carbonyl (C=O) groups is 1. The first-order chi connectivity index (χ1) is 9.91. The largest absolute Gasteiger partial charge is 0.490 e. The van der Waals surface area contributed by atoms with Crippen molar-refractivity contribution in [3.8, 4) is 5.75 Å². The van der Waals surface area contributed by atoms with Crippen molar-refractivity contribution in [2.75, 3.05) is 12.3 Å². The van der Waals surface area contributed by atoms with Crippen LogP contribution in [0.3, 0.4) is 0 Å². The van der Waals surface area contributed by atoms with Gasteiger partial charge in [0.15, 0.2) is 0 Å². The lowest BCUT2D eigenvalue weighted by Gasteiger charge is -2.34. The summed E-state index contributed by atoms with van der Waals surface area (Å²) in [5.74, 6) is 0.197. The molecule has 1 saturated carbocycles. The molecule has 0 amide bonds. The van der Waals surface area contributed by atoms with Crippen molar-refractivity contribution in [1.82, 2.24) is 0 Å². The quantitative estimate of drug-likeness (QED) is 0.677. The van der Waals surface area contributed by atoms with Crippen LogP contribution in [0.2, 0.25) is 0 Å².